The predicted octanol–water partition coefficient (Wildman–Crippen LogP) is 3.62. The highest BCUT2D eigenvalue weighted by atomic mass is 16.1. The van der Waals surface area contributed by atoms with Crippen molar-refractivity contribution in [3.05, 3.63) is 94.8 Å². The molecule has 0 aliphatic carbocycles. The highest BCUT2D eigenvalue weighted by Gasteiger charge is 2.24. The molecule has 0 atom stereocenters. The zero-order chi connectivity index (χ0) is 28.8. The van der Waals surface area contributed by atoms with Gasteiger partial charge in [0.25, 0.3) is 11.5 Å². The number of amides is 1. The topological polar surface area (TPSA) is 153 Å². The number of para-hydroxylation sites is 1. The zero-order valence-corrected chi connectivity index (χ0v) is 22.9. The molecule has 5 heterocycles. The summed E-state index contributed by atoms with van der Waals surface area (Å²) in [6.45, 7) is 1.77. The van der Waals surface area contributed by atoms with Crippen molar-refractivity contribution in [3.8, 4) is 5.82 Å². The molecule has 12 nitrogen and oxygen atoms in total. The van der Waals surface area contributed by atoms with Crippen LogP contribution in [-0.2, 0) is 7.05 Å². The lowest BCUT2D eigenvalue weighted by Crippen LogP contribution is -2.33. The van der Waals surface area contributed by atoms with Crippen LogP contribution in [0.5, 0.6) is 0 Å². The summed E-state index contributed by atoms with van der Waals surface area (Å²) in [4.78, 5) is 48.4. The second kappa shape index (κ2) is 10.1. The number of carbonyl (C=O) groups is 1. The monoisotopic (exact) mass is 560 g/mol. The van der Waals surface area contributed by atoms with Crippen LogP contribution in [0, 0.1) is 0 Å². The van der Waals surface area contributed by atoms with Gasteiger partial charge in [0, 0.05) is 49.8 Å². The number of carbonyl (C=O) groups excluding carboxylic acids is 1. The first-order valence-corrected chi connectivity index (χ1v) is 13.7. The SMILES string of the molecule is Cn1c(=O)c2cnc(Nc3ccc(N4CCC(c5nc6cccc(C(N)=O)c6[nH]5)CC4)cc3)nc2n1-c1ccccn1. The van der Waals surface area contributed by atoms with Crippen molar-refractivity contribution in [2.45, 2.75) is 18.8 Å². The number of fused-ring (bicyclic) bond motifs is 2. The van der Waals surface area contributed by atoms with Gasteiger partial charge in [0.15, 0.2) is 11.5 Å². The number of H-pyrrole nitrogens is 1. The summed E-state index contributed by atoms with van der Waals surface area (Å²) < 4.78 is 3.16. The summed E-state index contributed by atoms with van der Waals surface area (Å²) in [5.74, 6) is 1.71. The summed E-state index contributed by atoms with van der Waals surface area (Å²) in [7, 11) is 1.68. The third-order valence-electron chi connectivity index (χ3n) is 7.83. The number of hydrogen-bond acceptors (Lipinski definition) is 8. The van der Waals surface area contributed by atoms with Crippen LogP contribution in [0.15, 0.2) is 77.9 Å². The van der Waals surface area contributed by atoms with Gasteiger partial charge in [0.2, 0.25) is 5.95 Å². The number of nitrogens with zero attached hydrogens (tertiary/aromatic N) is 7. The van der Waals surface area contributed by atoms with Crippen molar-refractivity contribution in [2.75, 3.05) is 23.3 Å². The van der Waals surface area contributed by atoms with Gasteiger partial charge in [-0.25, -0.2) is 24.3 Å². The fourth-order valence-corrected chi connectivity index (χ4v) is 5.64. The van der Waals surface area contributed by atoms with Crippen molar-refractivity contribution in [2.24, 2.45) is 12.8 Å². The number of aromatic nitrogens is 7. The van der Waals surface area contributed by atoms with E-state index in [9.17, 15) is 9.59 Å². The van der Waals surface area contributed by atoms with Crippen LogP contribution in [0.2, 0.25) is 0 Å². The molecule has 0 bridgehead atoms. The van der Waals surface area contributed by atoms with Crippen molar-refractivity contribution in [1.29, 1.82) is 0 Å². The van der Waals surface area contributed by atoms with Crippen LogP contribution in [0.3, 0.4) is 0 Å². The Labute approximate surface area is 239 Å². The van der Waals surface area contributed by atoms with Gasteiger partial charge in [0.05, 0.1) is 16.6 Å². The van der Waals surface area contributed by atoms with Crippen molar-refractivity contribution >= 4 is 45.3 Å². The number of piperidine rings is 1. The van der Waals surface area contributed by atoms with Crippen molar-refractivity contribution < 1.29 is 4.79 Å². The Morgan fingerprint density at radius 1 is 1.00 bits per heavy atom. The summed E-state index contributed by atoms with van der Waals surface area (Å²) >= 11 is 0. The molecular weight excluding hydrogens is 532 g/mol. The van der Waals surface area contributed by atoms with Crippen LogP contribution in [-0.4, -0.2) is 53.3 Å². The van der Waals surface area contributed by atoms with Gasteiger partial charge < -0.3 is 20.9 Å². The first-order valence-electron chi connectivity index (χ1n) is 13.7. The van der Waals surface area contributed by atoms with E-state index in [0.29, 0.717) is 33.9 Å². The number of hydrogen-bond donors (Lipinski definition) is 3. The average Bonchev–Trinajstić information content (AvgIpc) is 3.56. The standard InChI is InChI=1S/C30H28N10O2/c1-38-29(42)22-17-33-30(37-28(22)40(38)24-7-2-3-14-32-24)34-19-8-10-20(11-9-19)39-15-12-18(13-16-39)27-35-23-6-4-5-21(26(31)41)25(23)36-27/h2-11,14,17-18H,12-13,15-16H2,1H3,(H2,31,41)(H,35,36)(H,33,34,37). The third kappa shape index (κ3) is 4.42. The molecule has 1 fully saturated rings. The zero-order valence-electron chi connectivity index (χ0n) is 22.9. The van der Waals surface area contributed by atoms with Gasteiger partial charge in [-0.1, -0.05) is 12.1 Å². The number of anilines is 3. The number of benzene rings is 2. The molecule has 1 saturated heterocycles. The van der Waals surface area contributed by atoms with E-state index >= 15 is 0 Å². The molecule has 42 heavy (non-hydrogen) atoms. The number of aromatic amines is 1. The maximum Gasteiger partial charge on any atom is 0.277 e. The van der Waals surface area contributed by atoms with Crippen LogP contribution in [0.1, 0.15) is 34.9 Å². The summed E-state index contributed by atoms with van der Waals surface area (Å²) in [5.41, 5.74) is 9.74. The normalized spacial score (nSPS) is 14.1. The lowest BCUT2D eigenvalue weighted by atomic mass is 9.96. The highest BCUT2D eigenvalue weighted by Crippen LogP contribution is 2.31. The average molecular weight is 561 g/mol. The molecule has 0 spiro atoms. The second-order valence-corrected chi connectivity index (χ2v) is 10.4. The van der Waals surface area contributed by atoms with Gasteiger partial charge in [0.1, 0.15) is 11.2 Å². The van der Waals surface area contributed by atoms with Crippen LogP contribution >= 0.6 is 0 Å². The Hall–Kier alpha value is -5.52. The van der Waals surface area contributed by atoms with Crippen LogP contribution in [0.25, 0.3) is 27.9 Å². The third-order valence-corrected chi connectivity index (χ3v) is 7.83. The summed E-state index contributed by atoms with van der Waals surface area (Å²) in [6, 6.07) is 19.1. The molecule has 0 radical (unpaired) electrons. The van der Waals surface area contributed by atoms with E-state index in [0.717, 1.165) is 48.6 Å². The molecule has 1 aliphatic rings. The first-order chi connectivity index (χ1) is 20.5. The Bertz CT molecular complexity index is 1980. The maximum absolute atomic E-state index is 12.7. The molecule has 4 N–H and O–H groups in total. The summed E-state index contributed by atoms with van der Waals surface area (Å²) in [6.07, 6.45) is 5.10. The van der Waals surface area contributed by atoms with E-state index in [1.807, 2.05) is 36.4 Å². The highest BCUT2D eigenvalue weighted by molar-refractivity contribution is 6.04. The molecule has 1 aliphatic heterocycles. The minimum atomic E-state index is -0.458. The number of rotatable bonds is 6. The van der Waals surface area contributed by atoms with Gasteiger partial charge >= 0.3 is 0 Å². The predicted molar refractivity (Wildman–Crippen MR) is 160 cm³/mol. The molecule has 2 aromatic carbocycles. The second-order valence-electron chi connectivity index (χ2n) is 10.4. The Morgan fingerprint density at radius 3 is 2.55 bits per heavy atom. The molecule has 0 saturated carbocycles. The van der Waals surface area contributed by atoms with Crippen molar-refractivity contribution in [1.82, 2.24) is 34.3 Å². The number of imidazole rings is 1. The molecule has 12 heteroatoms. The van der Waals surface area contributed by atoms with E-state index in [1.165, 1.54) is 4.68 Å². The number of primary amides is 1. The largest absolute Gasteiger partial charge is 0.371 e. The molecule has 0 unspecified atom stereocenters. The van der Waals surface area contributed by atoms with E-state index in [-0.39, 0.29) is 11.5 Å². The van der Waals surface area contributed by atoms with Gasteiger partial charge in [-0.3, -0.25) is 9.59 Å². The molecule has 7 rings (SSSR count). The molecule has 1 amide bonds. The number of pyridine rings is 1. The molecule has 210 valence electrons. The number of nitrogens with two attached hydrogens (primary N) is 1. The number of nitrogens with one attached hydrogen (secondary N) is 2. The smallest absolute Gasteiger partial charge is 0.277 e. The van der Waals surface area contributed by atoms with E-state index < -0.39 is 5.91 Å². The van der Waals surface area contributed by atoms with Crippen LogP contribution < -0.4 is 21.5 Å². The first kappa shape index (κ1) is 25.4. The van der Waals surface area contributed by atoms with E-state index in [4.69, 9.17) is 10.7 Å². The minimum absolute atomic E-state index is 0.189. The quantitative estimate of drug-likeness (QED) is 0.279. The van der Waals surface area contributed by atoms with E-state index in [1.54, 1.807) is 36.3 Å². The Balaban J connectivity index is 1.05. The van der Waals surface area contributed by atoms with Gasteiger partial charge in [-0.15, -0.1) is 0 Å². The van der Waals surface area contributed by atoms with E-state index in [2.05, 4.69) is 42.3 Å². The van der Waals surface area contributed by atoms with Crippen LogP contribution in [0.4, 0.5) is 17.3 Å². The minimum Gasteiger partial charge on any atom is -0.371 e. The fraction of sp³-hybridized carbons (Fsp3) is 0.200. The van der Waals surface area contributed by atoms with Gasteiger partial charge in [-0.2, -0.15) is 4.98 Å². The molecule has 4 aromatic heterocycles. The summed E-state index contributed by atoms with van der Waals surface area (Å²) in [5, 5.41) is 3.68. The van der Waals surface area contributed by atoms with Gasteiger partial charge in [-0.05, 0) is 61.4 Å². The maximum atomic E-state index is 12.7. The van der Waals surface area contributed by atoms with Crippen molar-refractivity contribution in [3.63, 3.8) is 0 Å². The lowest BCUT2D eigenvalue weighted by Gasteiger charge is -2.33. The molecule has 6 aromatic rings. The Morgan fingerprint density at radius 2 is 1.81 bits per heavy atom. The lowest BCUT2D eigenvalue weighted by molar-refractivity contribution is 0.100. The fourth-order valence-electron chi connectivity index (χ4n) is 5.64. The molecular formula is C30H28N10O2. The Kier molecular flexibility index (Phi) is 6.15.